The molecule has 8 nitrogen and oxygen atoms in total. The molecular weight excluding hydrogens is 334 g/mol. The minimum atomic E-state index is -3.93. The molecule has 0 bridgehead atoms. The van der Waals surface area contributed by atoms with Crippen LogP contribution in [0.2, 0.25) is 0 Å². The molecule has 1 fully saturated rings. The summed E-state index contributed by atoms with van der Waals surface area (Å²) in [4.78, 5) is 10.1. The van der Waals surface area contributed by atoms with Crippen molar-refractivity contribution in [1.29, 1.82) is 0 Å². The van der Waals surface area contributed by atoms with Gasteiger partial charge >= 0.3 is 0 Å². The van der Waals surface area contributed by atoms with E-state index in [0.29, 0.717) is 13.0 Å². The Morgan fingerprint density at radius 1 is 1.45 bits per heavy atom. The number of nitro groups is 1. The van der Waals surface area contributed by atoms with E-state index in [-0.39, 0.29) is 29.1 Å². The van der Waals surface area contributed by atoms with Gasteiger partial charge in [-0.1, -0.05) is 0 Å². The fourth-order valence-corrected chi connectivity index (χ4v) is 3.81. The molecule has 1 atom stereocenters. The first-order valence-electron chi connectivity index (χ1n) is 6.39. The first-order valence-corrected chi connectivity index (χ1v) is 7.83. The third-order valence-electron chi connectivity index (χ3n) is 3.57. The number of nitro benzene ring substituents is 1. The first-order chi connectivity index (χ1) is 9.87. The van der Waals surface area contributed by atoms with Crippen molar-refractivity contribution in [1.82, 2.24) is 9.62 Å². The van der Waals surface area contributed by atoms with Crippen molar-refractivity contribution in [3.8, 4) is 5.75 Å². The Labute approximate surface area is 135 Å². The number of rotatable bonds is 5. The molecule has 1 aliphatic heterocycles. The predicted molar refractivity (Wildman–Crippen MR) is 83.1 cm³/mol. The molecule has 1 aliphatic rings. The van der Waals surface area contributed by atoms with Crippen molar-refractivity contribution in [3.63, 3.8) is 0 Å². The summed E-state index contributed by atoms with van der Waals surface area (Å²) < 4.78 is 31.3. The number of sulfonamides is 1. The standard InChI is InChI=1S/C12H17N3O5S.ClH/c1-14(9-5-6-13-8-9)21(18,19)12-4-3-10(20-2)7-11(12)15(16)17;/h3-4,7,9,13H,5-6,8H2,1-2H3;1H. The van der Waals surface area contributed by atoms with E-state index in [0.717, 1.165) is 12.6 Å². The maximum atomic E-state index is 12.6. The molecule has 1 heterocycles. The van der Waals surface area contributed by atoms with Gasteiger partial charge in [-0.25, -0.2) is 8.42 Å². The average molecular weight is 352 g/mol. The number of likely N-dealkylation sites (N-methyl/N-ethyl adjacent to an activating group) is 1. The van der Waals surface area contributed by atoms with E-state index in [1.165, 1.54) is 30.6 Å². The van der Waals surface area contributed by atoms with Gasteiger partial charge in [-0.15, -0.1) is 12.4 Å². The highest BCUT2D eigenvalue weighted by Crippen LogP contribution is 2.31. The summed E-state index contributed by atoms with van der Waals surface area (Å²) >= 11 is 0. The Morgan fingerprint density at radius 3 is 2.64 bits per heavy atom. The summed E-state index contributed by atoms with van der Waals surface area (Å²) in [5, 5.41) is 14.2. The highest BCUT2D eigenvalue weighted by molar-refractivity contribution is 7.89. The molecule has 0 radical (unpaired) electrons. The maximum absolute atomic E-state index is 12.6. The molecule has 1 aromatic carbocycles. The lowest BCUT2D eigenvalue weighted by atomic mass is 10.3. The van der Waals surface area contributed by atoms with Gasteiger partial charge in [-0.2, -0.15) is 4.31 Å². The second-order valence-corrected chi connectivity index (χ2v) is 6.72. The Kier molecular flexibility index (Phi) is 6.12. The predicted octanol–water partition coefficient (Wildman–Crippen LogP) is 1.01. The molecule has 1 unspecified atom stereocenters. The van der Waals surface area contributed by atoms with Gasteiger partial charge in [0.1, 0.15) is 5.75 Å². The van der Waals surface area contributed by atoms with Crippen LogP contribution in [-0.2, 0) is 10.0 Å². The van der Waals surface area contributed by atoms with E-state index in [9.17, 15) is 18.5 Å². The van der Waals surface area contributed by atoms with Gasteiger partial charge in [0.05, 0.1) is 18.1 Å². The van der Waals surface area contributed by atoms with Gasteiger partial charge < -0.3 is 10.1 Å². The summed E-state index contributed by atoms with van der Waals surface area (Å²) in [6.45, 7) is 1.27. The normalized spacial score (nSPS) is 18.0. The van der Waals surface area contributed by atoms with E-state index in [4.69, 9.17) is 4.74 Å². The number of benzene rings is 1. The van der Waals surface area contributed by atoms with Crippen LogP contribution in [0, 0.1) is 10.1 Å². The molecule has 0 aliphatic carbocycles. The topological polar surface area (TPSA) is 102 Å². The summed E-state index contributed by atoms with van der Waals surface area (Å²) in [5.74, 6) is 0.242. The quantitative estimate of drug-likeness (QED) is 0.627. The summed E-state index contributed by atoms with van der Waals surface area (Å²) in [5.41, 5.74) is -0.479. The fourth-order valence-electron chi connectivity index (χ4n) is 2.29. The zero-order chi connectivity index (χ0) is 15.6. The van der Waals surface area contributed by atoms with Crippen LogP contribution in [0.25, 0.3) is 0 Å². The van der Waals surface area contributed by atoms with Gasteiger partial charge in [-0.05, 0) is 25.1 Å². The van der Waals surface area contributed by atoms with Crippen LogP contribution in [0.1, 0.15) is 6.42 Å². The van der Waals surface area contributed by atoms with Gasteiger partial charge in [-0.3, -0.25) is 10.1 Å². The van der Waals surface area contributed by atoms with Crippen LogP contribution >= 0.6 is 12.4 Å². The molecule has 1 N–H and O–H groups in total. The SMILES string of the molecule is COc1ccc(S(=O)(=O)N(C)C2CCNC2)c([N+](=O)[O-])c1.Cl. The van der Waals surface area contributed by atoms with E-state index in [1.54, 1.807) is 0 Å². The van der Waals surface area contributed by atoms with Gasteiger partial charge in [0.15, 0.2) is 4.90 Å². The maximum Gasteiger partial charge on any atom is 0.293 e. The van der Waals surface area contributed by atoms with E-state index in [1.807, 2.05) is 0 Å². The summed E-state index contributed by atoms with van der Waals surface area (Å²) in [6, 6.07) is 3.54. The molecule has 0 amide bonds. The zero-order valence-electron chi connectivity index (χ0n) is 12.2. The fraction of sp³-hybridized carbons (Fsp3) is 0.500. The molecule has 0 aromatic heterocycles. The van der Waals surface area contributed by atoms with Crippen molar-refractivity contribution in [2.45, 2.75) is 17.4 Å². The lowest BCUT2D eigenvalue weighted by Crippen LogP contribution is -2.38. The largest absolute Gasteiger partial charge is 0.497 e. The van der Waals surface area contributed by atoms with Gasteiger partial charge in [0.25, 0.3) is 5.69 Å². The number of nitrogens with zero attached hydrogens (tertiary/aromatic N) is 2. The zero-order valence-corrected chi connectivity index (χ0v) is 13.8. The molecular formula is C12H18ClN3O5S. The lowest BCUT2D eigenvalue weighted by Gasteiger charge is -2.23. The monoisotopic (exact) mass is 351 g/mol. The number of methoxy groups -OCH3 is 1. The third-order valence-corrected chi connectivity index (χ3v) is 5.53. The highest BCUT2D eigenvalue weighted by atomic mass is 35.5. The van der Waals surface area contributed by atoms with Gasteiger partial charge in [0, 0.05) is 19.6 Å². The Morgan fingerprint density at radius 2 is 2.14 bits per heavy atom. The number of hydrogen-bond donors (Lipinski definition) is 1. The van der Waals surface area contributed by atoms with Crippen LogP contribution < -0.4 is 10.1 Å². The number of ether oxygens (including phenoxy) is 1. The first kappa shape index (κ1) is 18.6. The molecule has 1 aromatic rings. The van der Waals surface area contributed by atoms with Crippen molar-refractivity contribution < 1.29 is 18.1 Å². The Hall–Kier alpha value is -1.42. The van der Waals surface area contributed by atoms with Crippen LogP contribution in [-0.4, -0.2) is 50.9 Å². The van der Waals surface area contributed by atoms with Crippen molar-refractivity contribution in [2.75, 3.05) is 27.2 Å². The summed E-state index contributed by atoms with van der Waals surface area (Å²) in [6.07, 6.45) is 0.680. The van der Waals surface area contributed by atoms with Gasteiger partial charge in [0.2, 0.25) is 10.0 Å². The van der Waals surface area contributed by atoms with E-state index < -0.39 is 20.6 Å². The van der Waals surface area contributed by atoms with Crippen LogP contribution in [0.5, 0.6) is 5.75 Å². The van der Waals surface area contributed by atoms with Crippen LogP contribution in [0.4, 0.5) is 5.69 Å². The van der Waals surface area contributed by atoms with Crippen molar-refractivity contribution in [3.05, 3.63) is 28.3 Å². The third kappa shape index (κ3) is 3.49. The molecule has 1 saturated heterocycles. The molecule has 124 valence electrons. The highest BCUT2D eigenvalue weighted by Gasteiger charge is 2.34. The van der Waals surface area contributed by atoms with Crippen LogP contribution in [0.15, 0.2) is 23.1 Å². The minimum absolute atomic E-state index is 0. The average Bonchev–Trinajstić information content (AvgIpc) is 2.99. The van der Waals surface area contributed by atoms with E-state index in [2.05, 4.69) is 5.32 Å². The molecule has 2 rings (SSSR count). The number of nitrogens with one attached hydrogen (secondary N) is 1. The van der Waals surface area contributed by atoms with E-state index >= 15 is 0 Å². The molecule has 22 heavy (non-hydrogen) atoms. The summed E-state index contributed by atoms with van der Waals surface area (Å²) in [7, 11) is -1.12. The van der Waals surface area contributed by atoms with Crippen LogP contribution in [0.3, 0.4) is 0 Å². The Bertz CT molecular complexity index is 646. The number of halogens is 1. The second kappa shape index (κ2) is 7.23. The molecule has 0 spiro atoms. The lowest BCUT2D eigenvalue weighted by molar-refractivity contribution is -0.387. The second-order valence-electron chi connectivity index (χ2n) is 4.76. The smallest absolute Gasteiger partial charge is 0.293 e. The van der Waals surface area contributed by atoms with Crippen molar-refractivity contribution in [2.24, 2.45) is 0 Å². The minimum Gasteiger partial charge on any atom is -0.497 e. The molecule has 10 heteroatoms. The number of hydrogen-bond acceptors (Lipinski definition) is 6. The van der Waals surface area contributed by atoms with Crippen molar-refractivity contribution >= 4 is 28.1 Å². The molecule has 0 saturated carbocycles. The Balaban J connectivity index is 0.00000242.